The number of fused-ring (bicyclic) bond motifs is 1. The summed E-state index contributed by atoms with van der Waals surface area (Å²) in [6.07, 6.45) is 6.52. The van der Waals surface area contributed by atoms with E-state index < -0.39 is 6.03 Å². The van der Waals surface area contributed by atoms with Gasteiger partial charge in [0.05, 0.1) is 13.7 Å². The predicted octanol–water partition coefficient (Wildman–Crippen LogP) is 6.45. The van der Waals surface area contributed by atoms with Gasteiger partial charge in [0.25, 0.3) is 5.56 Å². The van der Waals surface area contributed by atoms with Gasteiger partial charge in [0.15, 0.2) is 0 Å². The van der Waals surface area contributed by atoms with E-state index in [1.165, 1.54) is 6.33 Å². The van der Waals surface area contributed by atoms with E-state index in [-0.39, 0.29) is 16.7 Å². The number of carbonyl (C=O) groups is 1. The van der Waals surface area contributed by atoms with Crippen molar-refractivity contribution < 1.29 is 9.53 Å². The van der Waals surface area contributed by atoms with Gasteiger partial charge in [0, 0.05) is 29.4 Å². The number of rotatable bonds is 9. The Bertz CT molecular complexity index is 1800. The van der Waals surface area contributed by atoms with Crippen molar-refractivity contribution in [1.82, 2.24) is 24.3 Å². The average Bonchev–Trinajstić information content (AvgIpc) is 3.50. The zero-order valence-electron chi connectivity index (χ0n) is 25.2. The molecule has 0 saturated carbocycles. The highest BCUT2D eigenvalue weighted by atomic mass is 16.5. The van der Waals surface area contributed by atoms with Crippen LogP contribution in [0.15, 0.2) is 78.2 Å². The number of ether oxygens (including phenoxy) is 1. The van der Waals surface area contributed by atoms with Gasteiger partial charge >= 0.3 is 6.03 Å². The highest BCUT2D eigenvalue weighted by Crippen LogP contribution is 2.35. The van der Waals surface area contributed by atoms with Crippen LogP contribution in [-0.4, -0.2) is 37.5 Å². The summed E-state index contributed by atoms with van der Waals surface area (Å²) in [7, 11) is 1.60. The maximum atomic E-state index is 14.1. The Balaban J connectivity index is 1.60. The second-order valence-corrected chi connectivity index (χ2v) is 11.5. The first kappa shape index (κ1) is 29.5. The van der Waals surface area contributed by atoms with E-state index in [0.29, 0.717) is 35.7 Å². The number of hydrogen-bond acceptors (Lipinski definition) is 6. The normalized spacial score (nSPS) is 11.5. The number of aryl methyl sites for hydroxylation is 1. The van der Waals surface area contributed by atoms with Gasteiger partial charge in [-0.3, -0.25) is 9.36 Å². The van der Waals surface area contributed by atoms with Crippen LogP contribution in [0, 0.1) is 0 Å². The Hall–Kier alpha value is -4.99. The first-order valence-corrected chi connectivity index (χ1v) is 14.4. The molecule has 0 aliphatic heterocycles. The topological polar surface area (TPSA) is 116 Å². The molecule has 5 aromatic rings. The number of nitrogens with zero attached hydrogens (tertiary/aromatic N) is 5. The number of anilines is 2. The monoisotopic (exact) mass is 579 g/mol. The molecule has 2 amide bonds. The minimum atomic E-state index is -0.519. The maximum Gasteiger partial charge on any atom is 0.323 e. The van der Waals surface area contributed by atoms with Crippen molar-refractivity contribution in [1.29, 1.82) is 0 Å². The van der Waals surface area contributed by atoms with Crippen molar-refractivity contribution in [2.45, 2.75) is 59.0 Å². The van der Waals surface area contributed by atoms with Crippen LogP contribution >= 0.6 is 0 Å². The predicted molar refractivity (Wildman–Crippen MR) is 170 cm³/mol. The summed E-state index contributed by atoms with van der Waals surface area (Å²) in [5, 5.41) is 10.9. The van der Waals surface area contributed by atoms with E-state index in [1.807, 2.05) is 54.6 Å². The second kappa shape index (κ2) is 12.5. The summed E-state index contributed by atoms with van der Waals surface area (Å²) in [4.78, 5) is 36.5. The lowest BCUT2D eigenvalue weighted by atomic mass is 9.85. The van der Waals surface area contributed by atoms with Gasteiger partial charge in [0.1, 0.15) is 29.7 Å². The number of amides is 2. The lowest BCUT2D eigenvalue weighted by Gasteiger charge is -2.24. The second-order valence-electron chi connectivity index (χ2n) is 11.5. The molecule has 2 N–H and O–H groups in total. The van der Waals surface area contributed by atoms with Crippen LogP contribution in [0.4, 0.5) is 16.2 Å². The van der Waals surface area contributed by atoms with E-state index in [9.17, 15) is 9.59 Å². The zero-order valence-corrected chi connectivity index (χ0v) is 25.2. The number of nitrogens with one attached hydrogen (secondary N) is 2. The Morgan fingerprint density at radius 2 is 1.88 bits per heavy atom. The minimum absolute atomic E-state index is 0.179. The lowest BCUT2D eigenvalue weighted by molar-refractivity contribution is 0.262. The highest BCUT2D eigenvalue weighted by Gasteiger charge is 2.23. The maximum absolute atomic E-state index is 14.1. The van der Waals surface area contributed by atoms with Crippen molar-refractivity contribution in [2.75, 3.05) is 17.7 Å². The van der Waals surface area contributed by atoms with E-state index >= 15 is 0 Å². The first-order chi connectivity index (χ1) is 20.7. The van der Waals surface area contributed by atoms with Crippen molar-refractivity contribution in [3.8, 4) is 16.9 Å². The lowest BCUT2D eigenvalue weighted by Crippen LogP contribution is -2.30. The summed E-state index contributed by atoms with van der Waals surface area (Å²) >= 11 is 0. The smallest absolute Gasteiger partial charge is 0.323 e. The first-order valence-electron chi connectivity index (χ1n) is 14.4. The van der Waals surface area contributed by atoms with E-state index in [4.69, 9.17) is 4.74 Å². The van der Waals surface area contributed by atoms with Crippen LogP contribution in [0.2, 0.25) is 0 Å². The molecule has 0 aliphatic carbocycles. The summed E-state index contributed by atoms with van der Waals surface area (Å²) in [5.41, 5.74) is 4.07. The van der Waals surface area contributed by atoms with Crippen molar-refractivity contribution in [2.24, 2.45) is 0 Å². The SMILES string of the molecule is CCCCn1c(=O)c(NC(=O)Nc2cc(Cn3cncn3)ccc2C(C)(C)C)c(-c2cccc(OC)c2)c2cccnc21. The Labute approximate surface area is 250 Å². The van der Waals surface area contributed by atoms with E-state index in [2.05, 4.69) is 53.4 Å². The quantitative estimate of drug-likeness (QED) is 0.207. The molecule has 222 valence electrons. The third-order valence-corrected chi connectivity index (χ3v) is 7.30. The van der Waals surface area contributed by atoms with Crippen molar-refractivity contribution in [3.05, 3.63) is 94.9 Å². The Morgan fingerprint density at radius 1 is 1.05 bits per heavy atom. The fourth-order valence-electron chi connectivity index (χ4n) is 5.21. The molecule has 10 nitrogen and oxygen atoms in total. The zero-order chi connectivity index (χ0) is 30.6. The molecule has 3 heterocycles. The standard InChI is InChI=1S/C33H37N7O3/c1-6-7-16-40-30-25(12-9-15-35-30)28(23-10-8-11-24(18-23)43-5)29(31(40)41)38-32(42)37-27-17-22(19-39-21-34-20-36-39)13-14-26(27)33(2,3)4/h8-15,17-18,20-21H,6-7,16,19H2,1-5H3,(H2,37,38,42). The van der Waals surface area contributed by atoms with Gasteiger partial charge in [-0.25, -0.2) is 19.4 Å². The molecule has 10 heteroatoms. The number of benzene rings is 2. The van der Waals surface area contributed by atoms with Crippen LogP contribution in [0.3, 0.4) is 0 Å². The van der Waals surface area contributed by atoms with Gasteiger partial charge in [-0.15, -0.1) is 0 Å². The molecule has 2 aromatic carbocycles. The van der Waals surface area contributed by atoms with Crippen LogP contribution in [0.5, 0.6) is 5.75 Å². The Morgan fingerprint density at radius 3 is 2.60 bits per heavy atom. The molecule has 0 bridgehead atoms. The molecule has 0 saturated heterocycles. The number of unbranched alkanes of at least 4 members (excludes halogenated alkanes) is 1. The molecule has 5 rings (SSSR count). The summed E-state index contributed by atoms with van der Waals surface area (Å²) in [6.45, 7) is 9.32. The minimum Gasteiger partial charge on any atom is -0.497 e. The molecular formula is C33H37N7O3. The van der Waals surface area contributed by atoms with Crippen molar-refractivity contribution in [3.63, 3.8) is 0 Å². The molecule has 0 radical (unpaired) electrons. The molecule has 0 fully saturated rings. The molecule has 3 aromatic heterocycles. The number of methoxy groups -OCH3 is 1. The summed E-state index contributed by atoms with van der Waals surface area (Å²) in [5.74, 6) is 0.638. The van der Waals surface area contributed by atoms with Crippen molar-refractivity contribution >= 4 is 28.4 Å². The fourth-order valence-corrected chi connectivity index (χ4v) is 5.21. The van der Waals surface area contributed by atoms with Gasteiger partial charge < -0.3 is 15.4 Å². The van der Waals surface area contributed by atoms with Crippen LogP contribution < -0.4 is 20.9 Å². The van der Waals surface area contributed by atoms with Gasteiger partial charge in [-0.05, 0) is 58.9 Å². The molecule has 0 atom stereocenters. The van der Waals surface area contributed by atoms with Gasteiger partial charge in [0.2, 0.25) is 0 Å². The molecule has 0 spiro atoms. The third-order valence-electron chi connectivity index (χ3n) is 7.30. The van der Waals surface area contributed by atoms with Crippen LogP contribution in [0.25, 0.3) is 22.2 Å². The number of urea groups is 1. The number of pyridine rings is 2. The molecule has 43 heavy (non-hydrogen) atoms. The third kappa shape index (κ3) is 6.43. The van der Waals surface area contributed by atoms with E-state index in [1.54, 1.807) is 28.9 Å². The average molecular weight is 580 g/mol. The Kier molecular flexibility index (Phi) is 8.56. The van der Waals surface area contributed by atoms with Crippen LogP contribution in [-0.2, 0) is 18.5 Å². The van der Waals surface area contributed by atoms with Crippen LogP contribution in [0.1, 0.15) is 51.7 Å². The van der Waals surface area contributed by atoms with E-state index in [0.717, 1.165) is 34.9 Å². The number of aromatic nitrogens is 5. The largest absolute Gasteiger partial charge is 0.497 e. The molecular weight excluding hydrogens is 542 g/mol. The summed E-state index contributed by atoms with van der Waals surface area (Å²) < 4.78 is 8.85. The van der Waals surface area contributed by atoms with Gasteiger partial charge in [-0.2, -0.15) is 5.10 Å². The number of carbonyl (C=O) groups excluding carboxylic acids is 1. The summed E-state index contributed by atoms with van der Waals surface area (Å²) in [6, 6.07) is 16.7. The highest BCUT2D eigenvalue weighted by molar-refractivity contribution is 6.07. The van der Waals surface area contributed by atoms with Gasteiger partial charge in [-0.1, -0.05) is 58.4 Å². The molecule has 0 aliphatic rings. The molecule has 0 unspecified atom stereocenters. The number of hydrogen-bond donors (Lipinski definition) is 2. The fraction of sp³-hybridized carbons (Fsp3) is 0.303.